The minimum Gasteiger partial charge on any atom is -0.504 e. The van der Waals surface area contributed by atoms with E-state index in [4.69, 9.17) is 0 Å². The lowest BCUT2D eigenvalue weighted by Gasteiger charge is -2.29. The molecule has 76 valence electrons. The van der Waals surface area contributed by atoms with Gasteiger partial charge in [0.15, 0.2) is 11.6 Å². The van der Waals surface area contributed by atoms with Crippen LogP contribution in [0, 0.1) is 11.6 Å². The molecule has 5 heteroatoms. The van der Waals surface area contributed by atoms with Crippen molar-refractivity contribution in [1.29, 1.82) is 0 Å². The molecule has 0 bridgehead atoms. The third kappa shape index (κ3) is 1.40. The lowest BCUT2D eigenvalue weighted by Crippen LogP contribution is -2.35. The van der Waals surface area contributed by atoms with Gasteiger partial charge in [0, 0.05) is 16.1 Å². The zero-order valence-corrected chi connectivity index (χ0v) is 8.74. The Bertz CT molecular complexity index is 380. The van der Waals surface area contributed by atoms with Gasteiger partial charge in [-0.1, -0.05) is 15.9 Å². The summed E-state index contributed by atoms with van der Waals surface area (Å²) >= 11 is 3.10. The normalized spacial score (nSPS) is 20.6. The number of nitrogens with one attached hydrogen (secondary N) is 1. The average Bonchev–Trinajstić information content (AvgIpc) is 2.05. The molecule has 0 aromatic heterocycles. The molecule has 1 aliphatic heterocycles. The molecule has 0 unspecified atom stereocenters. The Hall–Kier alpha value is -0.680. The lowest BCUT2D eigenvalue weighted by molar-refractivity contribution is 0.346. The molecule has 2 nitrogen and oxygen atoms in total. The van der Waals surface area contributed by atoms with Crippen molar-refractivity contribution in [2.24, 2.45) is 0 Å². The maximum Gasteiger partial charge on any atom is 0.200 e. The fourth-order valence-corrected chi connectivity index (χ4v) is 2.13. The zero-order chi connectivity index (χ0) is 10.3. The first-order chi connectivity index (χ1) is 6.61. The molecule has 2 rings (SSSR count). The fourth-order valence-electron chi connectivity index (χ4n) is 1.46. The molecule has 1 atom stereocenters. The SMILES string of the molecule is Oc1c(F)c(F)cc(Br)c1[C@@H]1CCN1. The Morgan fingerprint density at radius 1 is 1.50 bits per heavy atom. The molecular formula is C9H8BrF2NO. The highest BCUT2D eigenvalue weighted by Crippen LogP contribution is 2.38. The number of hydrogen-bond acceptors (Lipinski definition) is 2. The van der Waals surface area contributed by atoms with E-state index in [0.29, 0.717) is 10.0 Å². The Balaban J connectivity index is 2.52. The Kier molecular flexibility index (Phi) is 2.45. The lowest BCUT2D eigenvalue weighted by atomic mass is 9.97. The molecule has 1 aromatic carbocycles. The summed E-state index contributed by atoms with van der Waals surface area (Å²) in [5, 5.41) is 12.4. The van der Waals surface area contributed by atoms with Gasteiger partial charge in [0.25, 0.3) is 0 Å². The monoisotopic (exact) mass is 263 g/mol. The van der Waals surface area contributed by atoms with Crippen molar-refractivity contribution in [2.75, 3.05) is 6.54 Å². The topological polar surface area (TPSA) is 32.3 Å². The molecule has 1 saturated heterocycles. The van der Waals surface area contributed by atoms with E-state index >= 15 is 0 Å². The zero-order valence-electron chi connectivity index (χ0n) is 7.15. The van der Waals surface area contributed by atoms with Gasteiger partial charge in [0.2, 0.25) is 5.82 Å². The fraction of sp³-hybridized carbons (Fsp3) is 0.333. The molecule has 1 fully saturated rings. The smallest absolute Gasteiger partial charge is 0.200 e. The largest absolute Gasteiger partial charge is 0.504 e. The van der Waals surface area contributed by atoms with Crippen molar-refractivity contribution in [2.45, 2.75) is 12.5 Å². The average molecular weight is 264 g/mol. The van der Waals surface area contributed by atoms with Gasteiger partial charge in [-0.15, -0.1) is 0 Å². The van der Waals surface area contributed by atoms with Gasteiger partial charge in [-0.2, -0.15) is 4.39 Å². The first-order valence-electron chi connectivity index (χ1n) is 4.21. The minimum atomic E-state index is -1.18. The maximum absolute atomic E-state index is 13.0. The van der Waals surface area contributed by atoms with Crippen molar-refractivity contribution in [3.63, 3.8) is 0 Å². The Labute approximate surface area is 88.1 Å². The molecule has 1 heterocycles. The van der Waals surface area contributed by atoms with Gasteiger partial charge in [-0.3, -0.25) is 0 Å². The summed E-state index contributed by atoms with van der Waals surface area (Å²) in [6.45, 7) is 0.829. The summed E-state index contributed by atoms with van der Waals surface area (Å²) in [5.41, 5.74) is 0.398. The Morgan fingerprint density at radius 2 is 2.14 bits per heavy atom. The van der Waals surface area contributed by atoms with Crippen molar-refractivity contribution < 1.29 is 13.9 Å². The van der Waals surface area contributed by atoms with E-state index in [0.717, 1.165) is 19.0 Å². The summed E-state index contributed by atoms with van der Waals surface area (Å²) in [7, 11) is 0. The van der Waals surface area contributed by atoms with Gasteiger partial charge >= 0.3 is 0 Å². The predicted octanol–water partition coefficient (Wildman–Crippen LogP) is 2.47. The van der Waals surface area contributed by atoms with Crippen molar-refractivity contribution >= 4 is 15.9 Å². The van der Waals surface area contributed by atoms with Crippen LogP contribution >= 0.6 is 15.9 Å². The van der Waals surface area contributed by atoms with Crippen LogP contribution in [0.15, 0.2) is 10.5 Å². The second kappa shape index (κ2) is 3.47. The molecule has 1 aromatic rings. The maximum atomic E-state index is 13.0. The van der Waals surface area contributed by atoms with Crippen LogP contribution in [-0.4, -0.2) is 11.7 Å². The number of rotatable bonds is 1. The minimum absolute atomic E-state index is 0.0838. The summed E-state index contributed by atoms with van der Waals surface area (Å²) in [6, 6.07) is 0.948. The van der Waals surface area contributed by atoms with Crippen LogP contribution in [0.1, 0.15) is 18.0 Å². The van der Waals surface area contributed by atoms with E-state index < -0.39 is 17.4 Å². The van der Waals surface area contributed by atoms with Crippen LogP contribution < -0.4 is 5.32 Å². The van der Waals surface area contributed by atoms with Gasteiger partial charge in [0.05, 0.1) is 0 Å². The molecule has 1 aliphatic rings. The number of phenolic OH excluding ortho intramolecular Hbond substituents is 1. The summed E-state index contributed by atoms with van der Waals surface area (Å²) in [4.78, 5) is 0. The first kappa shape index (κ1) is 9.86. The quantitative estimate of drug-likeness (QED) is 0.764. The summed E-state index contributed by atoms with van der Waals surface area (Å²) < 4.78 is 26.2. The van der Waals surface area contributed by atoms with E-state index in [-0.39, 0.29) is 6.04 Å². The number of benzene rings is 1. The Morgan fingerprint density at radius 3 is 2.64 bits per heavy atom. The molecule has 0 amide bonds. The predicted molar refractivity (Wildman–Crippen MR) is 51.1 cm³/mol. The van der Waals surface area contributed by atoms with Gasteiger partial charge < -0.3 is 10.4 Å². The highest BCUT2D eigenvalue weighted by Gasteiger charge is 2.27. The number of aromatic hydroxyl groups is 1. The molecule has 2 N–H and O–H groups in total. The van der Waals surface area contributed by atoms with Crippen LogP contribution in [0.25, 0.3) is 0 Å². The van der Waals surface area contributed by atoms with E-state index in [1.807, 2.05) is 0 Å². The van der Waals surface area contributed by atoms with Gasteiger partial charge in [-0.05, 0) is 19.0 Å². The number of hydrogen-bond donors (Lipinski definition) is 2. The highest BCUT2D eigenvalue weighted by atomic mass is 79.9. The molecule has 0 aliphatic carbocycles. The number of phenols is 1. The van der Waals surface area contributed by atoms with E-state index in [1.165, 1.54) is 0 Å². The second-order valence-corrected chi connectivity index (χ2v) is 4.07. The van der Waals surface area contributed by atoms with Gasteiger partial charge in [-0.25, -0.2) is 4.39 Å². The molecular weight excluding hydrogens is 256 g/mol. The molecule has 0 radical (unpaired) electrons. The van der Waals surface area contributed by atoms with Crippen LogP contribution in [0.5, 0.6) is 5.75 Å². The standard InChI is InChI=1S/C9H8BrF2NO/c10-4-3-5(11)8(12)9(14)7(4)6-1-2-13-6/h3,6,13-14H,1-2H2/t6-/m0/s1. The van der Waals surface area contributed by atoms with Gasteiger partial charge in [0.1, 0.15) is 0 Å². The van der Waals surface area contributed by atoms with E-state index in [1.54, 1.807) is 0 Å². The van der Waals surface area contributed by atoms with Crippen LogP contribution in [0.4, 0.5) is 8.78 Å². The highest BCUT2D eigenvalue weighted by molar-refractivity contribution is 9.10. The molecule has 14 heavy (non-hydrogen) atoms. The van der Waals surface area contributed by atoms with Crippen LogP contribution in [0.2, 0.25) is 0 Å². The summed E-state index contributed by atoms with van der Waals surface area (Å²) in [5.74, 6) is -2.83. The second-order valence-electron chi connectivity index (χ2n) is 3.21. The third-order valence-corrected chi connectivity index (χ3v) is 3.01. The van der Waals surface area contributed by atoms with Crippen LogP contribution in [0.3, 0.4) is 0 Å². The molecule has 0 spiro atoms. The van der Waals surface area contributed by atoms with Crippen molar-refractivity contribution in [3.05, 3.63) is 27.7 Å². The van der Waals surface area contributed by atoms with Crippen LogP contribution in [-0.2, 0) is 0 Å². The van der Waals surface area contributed by atoms with Crippen molar-refractivity contribution in [1.82, 2.24) is 5.32 Å². The molecule has 0 saturated carbocycles. The third-order valence-electron chi connectivity index (χ3n) is 2.36. The summed E-state index contributed by atoms with van der Waals surface area (Å²) in [6.07, 6.45) is 0.817. The first-order valence-corrected chi connectivity index (χ1v) is 5.00. The van der Waals surface area contributed by atoms with E-state index in [9.17, 15) is 13.9 Å². The number of halogens is 3. The van der Waals surface area contributed by atoms with E-state index in [2.05, 4.69) is 21.2 Å². The van der Waals surface area contributed by atoms with Crippen molar-refractivity contribution in [3.8, 4) is 5.75 Å².